The highest BCUT2D eigenvalue weighted by Crippen LogP contribution is 2.35. The third-order valence-corrected chi connectivity index (χ3v) is 6.70. The number of ether oxygens (including phenoxy) is 2. The molecule has 0 aliphatic carbocycles. The summed E-state index contributed by atoms with van der Waals surface area (Å²) in [6.07, 6.45) is 1.68. The minimum atomic E-state index is -0.421. The van der Waals surface area contributed by atoms with E-state index < -0.39 is 11.6 Å². The van der Waals surface area contributed by atoms with Gasteiger partial charge in [0.25, 0.3) is 5.91 Å². The molecule has 1 amide bonds. The van der Waals surface area contributed by atoms with Crippen molar-refractivity contribution in [2.45, 2.75) is 45.3 Å². The normalized spacial score (nSPS) is 15.1. The van der Waals surface area contributed by atoms with Crippen LogP contribution in [0.1, 0.15) is 54.2 Å². The number of hydrogen-bond acceptors (Lipinski definition) is 4. The third kappa shape index (κ3) is 6.17. The van der Waals surface area contributed by atoms with E-state index in [2.05, 4.69) is 0 Å². The van der Waals surface area contributed by atoms with Crippen LogP contribution >= 0.6 is 0 Å². The Labute approximate surface area is 226 Å². The SMILES string of the molecule is CC(C)c1nn(-c2ccccc2)c(Oc2cccc(F)c2)c1CN(CC1CCCO1)C(=O)c1ccc(F)cc1. The van der Waals surface area contributed by atoms with E-state index >= 15 is 0 Å². The molecule has 0 saturated carbocycles. The Hall–Kier alpha value is -4.04. The lowest BCUT2D eigenvalue weighted by molar-refractivity contribution is 0.0505. The molecule has 4 aromatic rings. The van der Waals surface area contributed by atoms with Gasteiger partial charge < -0.3 is 14.4 Å². The molecule has 202 valence electrons. The van der Waals surface area contributed by atoms with E-state index in [0.29, 0.717) is 35.9 Å². The molecule has 1 fully saturated rings. The Bertz CT molecular complexity index is 1420. The van der Waals surface area contributed by atoms with E-state index in [9.17, 15) is 13.6 Å². The van der Waals surface area contributed by atoms with Gasteiger partial charge in [-0.15, -0.1) is 0 Å². The zero-order chi connectivity index (χ0) is 27.4. The first-order valence-electron chi connectivity index (χ1n) is 13.2. The fourth-order valence-electron chi connectivity index (χ4n) is 4.77. The van der Waals surface area contributed by atoms with Crippen LogP contribution in [-0.2, 0) is 11.3 Å². The number of nitrogens with zero attached hydrogens (tertiary/aromatic N) is 3. The van der Waals surface area contributed by atoms with Crippen molar-refractivity contribution >= 4 is 5.91 Å². The lowest BCUT2D eigenvalue weighted by Crippen LogP contribution is -2.37. The second-order valence-electron chi connectivity index (χ2n) is 9.96. The molecule has 39 heavy (non-hydrogen) atoms. The fraction of sp³-hybridized carbons (Fsp3) is 0.290. The second kappa shape index (κ2) is 11.8. The number of para-hydroxylation sites is 1. The van der Waals surface area contributed by atoms with Gasteiger partial charge in [-0.1, -0.05) is 38.1 Å². The van der Waals surface area contributed by atoms with E-state index in [0.717, 1.165) is 24.2 Å². The molecule has 6 nitrogen and oxygen atoms in total. The molecule has 1 aromatic heterocycles. The van der Waals surface area contributed by atoms with Crippen LogP contribution in [-0.4, -0.2) is 39.8 Å². The van der Waals surface area contributed by atoms with Crippen molar-refractivity contribution in [3.05, 3.63) is 107 Å². The van der Waals surface area contributed by atoms with Gasteiger partial charge in [-0.3, -0.25) is 4.79 Å². The molecule has 1 saturated heterocycles. The van der Waals surface area contributed by atoms with Crippen LogP contribution in [0.4, 0.5) is 8.78 Å². The highest BCUT2D eigenvalue weighted by atomic mass is 19.1. The van der Waals surface area contributed by atoms with E-state index in [1.807, 2.05) is 44.2 Å². The molecule has 0 N–H and O–H groups in total. The Morgan fingerprint density at radius 2 is 1.82 bits per heavy atom. The minimum absolute atomic E-state index is 0.00493. The Balaban J connectivity index is 1.60. The maximum Gasteiger partial charge on any atom is 0.254 e. The van der Waals surface area contributed by atoms with Crippen LogP contribution in [0, 0.1) is 11.6 Å². The third-order valence-electron chi connectivity index (χ3n) is 6.70. The van der Waals surface area contributed by atoms with Crippen LogP contribution in [0.15, 0.2) is 78.9 Å². The molecule has 2 heterocycles. The molecular weight excluding hydrogens is 500 g/mol. The molecule has 8 heteroatoms. The van der Waals surface area contributed by atoms with E-state index in [1.54, 1.807) is 21.7 Å². The monoisotopic (exact) mass is 531 g/mol. The first-order valence-corrected chi connectivity index (χ1v) is 13.2. The standard InChI is InChI=1S/C31H31F2N3O3/c1-21(2)29-28(20-35(19-27-12-7-17-38-27)30(37)22-13-15-23(32)16-14-22)31(39-26-11-6-8-24(33)18-26)36(34-29)25-9-4-3-5-10-25/h3-6,8-11,13-16,18,21,27H,7,12,17,19-20H2,1-2H3. The predicted molar refractivity (Wildman–Crippen MR) is 144 cm³/mol. The molecular formula is C31H31F2N3O3. The smallest absolute Gasteiger partial charge is 0.254 e. The van der Waals surface area contributed by atoms with Gasteiger partial charge in [0.1, 0.15) is 17.4 Å². The zero-order valence-electron chi connectivity index (χ0n) is 22.0. The maximum atomic E-state index is 14.1. The number of carbonyl (C=O) groups excluding carboxylic acids is 1. The molecule has 1 aliphatic rings. The van der Waals surface area contributed by atoms with Gasteiger partial charge in [0.05, 0.1) is 29.6 Å². The summed E-state index contributed by atoms with van der Waals surface area (Å²) in [4.78, 5) is 15.5. The summed E-state index contributed by atoms with van der Waals surface area (Å²) in [5.41, 5.74) is 2.62. The van der Waals surface area contributed by atoms with Gasteiger partial charge in [0, 0.05) is 24.8 Å². The minimum Gasteiger partial charge on any atom is -0.438 e. The predicted octanol–water partition coefficient (Wildman–Crippen LogP) is 6.89. The van der Waals surface area contributed by atoms with Crippen molar-refractivity contribution in [3.63, 3.8) is 0 Å². The summed E-state index contributed by atoms with van der Waals surface area (Å²) in [5, 5.41) is 4.91. The Kier molecular flexibility index (Phi) is 8.02. The lowest BCUT2D eigenvalue weighted by atomic mass is 10.0. The lowest BCUT2D eigenvalue weighted by Gasteiger charge is -2.26. The maximum absolute atomic E-state index is 14.1. The van der Waals surface area contributed by atoms with Crippen molar-refractivity contribution in [1.82, 2.24) is 14.7 Å². The molecule has 0 radical (unpaired) electrons. The molecule has 1 unspecified atom stereocenters. The number of hydrogen-bond donors (Lipinski definition) is 0. The van der Waals surface area contributed by atoms with Crippen LogP contribution in [0.3, 0.4) is 0 Å². The van der Waals surface area contributed by atoms with Gasteiger partial charge in [-0.05, 0) is 67.3 Å². The number of amides is 1. The average Bonchev–Trinajstić information content (AvgIpc) is 3.57. The summed E-state index contributed by atoms with van der Waals surface area (Å²) in [6, 6.07) is 21.0. The summed E-state index contributed by atoms with van der Waals surface area (Å²) < 4.78 is 41.6. The van der Waals surface area contributed by atoms with Crippen LogP contribution in [0.25, 0.3) is 5.69 Å². The summed E-state index contributed by atoms with van der Waals surface area (Å²) in [5.74, 6) is -0.349. The average molecular weight is 532 g/mol. The first-order chi connectivity index (χ1) is 18.9. The number of halogens is 2. The fourth-order valence-corrected chi connectivity index (χ4v) is 4.77. The number of carbonyl (C=O) groups is 1. The van der Waals surface area contributed by atoms with E-state index in [4.69, 9.17) is 14.6 Å². The molecule has 1 aliphatic heterocycles. The summed E-state index contributed by atoms with van der Waals surface area (Å²) in [7, 11) is 0. The van der Waals surface area contributed by atoms with Gasteiger partial charge in [0.2, 0.25) is 5.88 Å². The highest BCUT2D eigenvalue weighted by molar-refractivity contribution is 5.94. The van der Waals surface area contributed by atoms with Crippen molar-refractivity contribution in [3.8, 4) is 17.3 Å². The molecule has 3 aromatic carbocycles. The van der Waals surface area contributed by atoms with Gasteiger partial charge >= 0.3 is 0 Å². The van der Waals surface area contributed by atoms with Crippen LogP contribution in [0.5, 0.6) is 11.6 Å². The molecule has 0 spiro atoms. The highest BCUT2D eigenvalue weighted by Gasteiger charge is 2.29. The van der Waals surface area contributed by atoms with Crippen molar-refractivity contribution in [2.24, 2.45) is 0 Å². The van der Waals surface area contributed by atoms with Crippen molar-refractivity contribution in [1.29, 1.82) is 0 Å². The Morgan fingerprint density at radius 3 is 2.49 bits per heavy atom. The van der Waals surface area contributed by atoms with E-state index in [-0.39, 0.29) is 24.5 Å². The Morgan fingerprint density at radius 1 is 1.05 bits per heavy atom. The molecule has 1 atom stereocenters. The largest absolute Gasteiger partial charge is 0.438 e. The molecule has 5 rings (SSSR count). The quantitative estimate of drug-likeness (QED) is 0.236. The zero-order valence-corrected chi connectivity index (χ0v) is 22.0. The van der Waals surface area contributed by atoms with Crippen LogP contribution < -0.4 is 4.74 Å². The topological polar surface area (TPSA) is 56.6 Å². The number of benzene rings is 3. The van der Waals surface area contributed by atoms with Gasteiger partial charge in [0.15, 0.2) is 0 Å². The first kappa shape index (κ1) is 26.6. The van der Waals surface area contributed by atoms with Crippen LogP contribution in [0.2, 0.25) is 0 Å². The number of rotatable bonds is 9. The van der Waals surface area contributed by atoms with E-state index in [1.165, 1.54) is 36.4 Å². The summed E-state index contributed by atoms with van der Waals surface area (Å²) >= 11 is 0. The van der Waals surface area contributed by atoms with Gasteiger partial charge in [-0.2, -0.15) is 5.10 Å². The van der Waals surface area contributed by atoms with Gasteiger partial charge in [-0.25, -0.2) is 13.5 Å². The number of aromatic nitrogens is 2. The second-order valence-corrected chi connectivity index (χ2v) is 9.96. The summed E-state index contributed by atoms with van der Waals surface area (Å²) in [6.45, 7) is 5.25. The van der Waals surface area contributed by atoms with Crippen molar-refractivity contribution < 1.29 is 23.0 Å². The van der Waals surface area contributed by atoms with Crippen molar-refractivity contribution in [2.75, 3.05) is 13.2 Å². The molecule has 0 bridgehead atoms.